The number of hydrogen-bond acceptors (Lipinski definition) is 18. The average Bonchev–Trinajstić information content (AvgIpc) is 3.43. The van der Waals surface area contributed by atoms with E-state index in [2.05, 4.69) is 34.3 Å². The van der Waals surface area contributed by atoms with Crippen LogP contribution in [0, 0.1) is 11.6 Å². The fourth-order valence-electron chi connectivity index (χ4n) is 8.54. The fraction of sp³-hybridized carbons (Fsp3) is 0.400. The minimum absolute atomic E-state index is 0.0283. The molecule has 382 valence electrons. The number of Topliss-reactive ketones (excluding diaryl/α,β-unsaturated/α-hetero) is 1. The molecule has 4 saturated heterocycles. The van der Waals surface area contributed by atoms with Crippen LogP contribution in [0.4, 0.5) is 31.5 Å². The number of morpholine rings is 4. The molecule has 2 aromatic carbocycles. The number of ketones is 1. The second-order valence-electron chi connectivity index (χ2n) is 17.1. The van der Waals surface area contributed by atoms with Gasteiger partial charge in [0.05, 0.1) is 82.7 Å². The van der Waals surface area contributed by atoms with Crippen molar-refractivity contribution in [3.05, 3.63) is 128 Å². The number of rotatable bonds is 10. The van der Waals surface area contributed by atoms with Crippen LogP contribution in [0.5, 0.6) is 11.5 Å². The maximum atomic E-state index is 13.2. The first-order valence-corrected chi connectivity index (χ1v) is 23.6. The topological polar surface area (TPSA) is 228 Å². The zero-order valence-electron chi connectivity index (χ0n) is 39.8. The second-order valence-corrected chi connectivity index (χ2v) is 17.1. The molecule has 4 N–H and O–H groups in total. The minimum atomic E-state index is -0.859. The Balaban J connectivity index is 0.000000167. The Hall–Kier alpha value is -7.24. The number of methoxy groups -OCH3 is 1. The lowest BCUT2D eigenvalue weighted by Crippen LogP contribution is -2.39. The van der Waals surface area contributed by atoms with Gasteiger partial charge in [-0.2, -0.15) is 0 Å². The van der Waals surface area contributed by atoms with Gasteiger partial charge in [0.15, 0.2) is 28.5 Å². The molecule has 10 rings (SSSR count). The number of carbonyl (C=O) groups is 2. The second kappa shape index (κ2) is 23.8. The number of fused-ring (bicyclic) bond motifs is 2. The Labute approximate surface area is 412 Å². The van der Waals surface area contributed by atoms with Gasteiger partial charge in [-0.15, -0.1) is 0 Å². The third-order valence-electron chi connectivity index (χ3n) is 12.5. The van der Waals surface area contributed by atoms with Gasteiger partial charge >= 0.3 is 17.1 Å². The molecule has 22 heteroatoms. The van der Waals surface area contributed by atoms with Crippen molar-refractivity contribution in [2.45, 2.75) is 19.4 Å². The number of aryl methyl sites for hydroxylation is 1. The SMILES string of the molecule is COC(=O)c1nc2c(N3CCOCC3)cc(N3CCOCC3)cn2c(=O)c1O.NCc1ccc(F)cc1.O=C(CCc1ccc(F)cc1)c1nc2c(N3CCOCC3)cc(N3CCOCC3)cn2c(=O)c1O. The lowest BCUT2D eigenvalue weighted by atomic mass is 10.1. The highest BCUT2D eigenvalue weighted by atomic mass is 19.1. The number of halogens is 2. The number of aromatic hydroxyl groups is 2. The molecule has 0 unspecified atom stereocenters. The highest BCUT2D eigenvalue weighted by Gasteiger charge is 2.27. The Kier molecular flexibility index (Phi) is 16.9. The van der Waals surface area contributed by atoms with Crippen molar-refractivity contribution in [3.8, 4) is 11.5 Å². The molecule has 0 saturated carbocycles. The fourth-order valence-corrected chi connectivity index (χ4v) is 8.54. The van der Waals surface area contributed by atoms with E-state index in [0.717, 1.165) is 22.5 Å². The molecule has 0 radical (unpaired) electrons. The summed E-state index contributed by atoms with van der Waals surface area (Å²) in [6, 6.07) is 16.0. The monoisotopic (exact) mass is 997 g/mol. The maximum Gasteiger partial charge on any atom is 0.360 e. The van der Waals surface area contributed by atoms with Gasteiger partial charge in [-0.25, -0.2) is 23.5 Å². The number of carbonyl (C=O) groups excluding carboxylic acids is 2. The van der Waals surface area contributed by atoms with Gasteiger partial charge in [0.25, 0.3) is 0 Å². The first-order valence-electron chi connectivity index (χ1n) is 23.6. The van der Waals surface area contributed by atoms with Gasteiger partial charge in [-0.05, 0) is 53.9 Å². The number of pyridine rings is 2. The molecule has 0 amide bonds. The van der Waals surface area contributed by atoms with Gasteiger partial charge in [-0.3, -0.25) is 23.2 Å². The van der Waals surface area contributed by atoms with Gasteiger partial charge in [0, 0.05) is 77.7 Å². The maximum absolute atomic E-state index is 13.2. The van der Waals surface area contributed by atoms with Crippen molar-refractivity contribution in [2.24, 2.45) is 5.73 Å². The van der Waals surface area contributed by atoms with E-state index in [1.165, 1.54) is 40.2 Å². The van der Waals surface area contributed by atoms with Gasteiger partial charge in [-0.1, -0.05) is 24.3 Å². The van der Waals surface area contributed by atoms with E-state index < -0.39 is 34.4 Å². The van der Waals surface area contributed by atoms with Crippen LogP contribution in [0.15, 0.2) is 82.6 Å². The third kappa shape index (κ3) is 11.9. The van der Waals surface area contributed by atoms with Crippen LogP contribution in [0.3, 0.4) is 0 Å². The van der Waals surface area contributed by atoms with E-state index in [1.54, 1.807) is 36.7 Å². The Morgan fingerprint density at radius 2 is 0.972 bits per heavy atom. The van der Waals surface area contributed by atoms with Gasteiger partial charge in [0.1, 0.15) is 11.6 Å². The summed E-state index contributed by atoms with van der Waals surface area (Å²) in [7, 11) is 1.18. The lowest BCUT2D eigenvalue weighted by molar-refractivity contribution is 0.0590. The summed E-state index contributed by atoms with van der Waals surface area (Å²) < 4.78 is 54.4. The van der Waals surface area contributed by atoms with Crippen molar-refractivity contribution in [1.29, 1.82) is 0 Å². The van der Waals surface area contributed by atoms with Crippen LogP contribution in [0.25, 0.3) is 11.3 Å². The Bertz CT molecular complexity index is 2970. The molecule has 4 aliphatic rings. The van der Waals surface area contributed by atoms with Crippen LogP contribution in [-0.2, 0) is 36.6 Å². The first kappa shape index (κ1) is 51.1. The summed E-state index contributed by atoms with van der Waals surface area (Å²) in [5.74, 6) is -3.27. The summed E-state index contributed by atoms with van der Waals surface area (Å²) in [5.41, 5.74) is 8.64. The normalized spacial score (nSPS) is 16.2. The molecular weight excluding hydrogens is 941 g/mol. The van der Waals surface area contributed by atoms with E-state index >= 15 is 0 Å². The number of benzene rings is 2. The predicted molar refractivity (Wildman–Crippen MR) is 263 cm³/mol. The molecule has 4 fully saturated rings. The van der Waals surface area contributed by atoms with Crippen LogP contribution in [-0.4, -0.2) is 153 Å². The van der Waals surface area contributed by atoms with Crippen LogP contribution >= 0.6 is 0 Å². The standard InChI is InChI=1S/C25H27FN4O5.C18H22N4O6.C7H8FN/c26-18-4-1-17(2-5-18)3-6-21(31)22-23(32)25(33)30-16-19(28-7-11-34-12-8-28)15-20(24(30)27-22)29-9-13-35-14-10-29;1-26-18(25)14-15(23)17(24)22-11-12(20-2-6-27-7-3-20)10-13(16(22)19-14)21-4-8-28-9-5-21;8-7-3-1-6(5-9)2-4-7/h1-2,4-5,15-16,32H,3,6-14H2;10-11,23H,2-9H2,1H3;1-4H,5,9H2. The molecule has 6 aromatic rings. The summed E-state index contributed by atoms with van der Waals surface area (Å²) >= 11 is 0. The highest BCUT2D eigenvalue weighted by Crippen LogP contribution is 2.31. The third-order valence-corrected chi connectivity index (χ3v) is 12.5. The number of nitrogens with two attached hydrogens (primary N) is 1. The predicted octanol–water partition coefficient (Wildman–Crippen LogP) is 3.17. The molecule has 4 aliphatic heterocycles. The van der Waals surface area contributed by atoms with Crippen LogP contribution in [0.1, 0.15) is 38.5 Å². The van der Waals surface area contributed by atoms with Crippen LogP contribution in [0.2, 0.25) is 0 Å². The van der Waals surface area contributed by atoms with E-state index in [-0.39, 0.29) is 29.4 Å². The van der Waals surface area contributed by atoms with E-state index in [0.29, 0.717) is 141 Å². The summed E-state index contributed by atoms with van der Waals surface area (Å²) in [6.07, 6.45) is 3.67. The largest absolute Gasteiger partial charge is 0.501 e. The Morgan fingerprint density at radius 3 is 1.38 bits per heavy atom. The van der Waals surface area contributed by atoms with E-state index in [9.17, 15) is 38.2 Å². The van der Waals surface area contributed by atoms with Crippen molar-refractivity contribution < 1.29 is 52.3 Å². The number of anilines is 4. The summed E-state index contributed by atoms with van der Waals surface area (Å²) in [6.45, 7) is 10.3. The molecule has 0 spiro atoms. The molecule has 4 aromatic heterocycles. The smallest absolute Gasteiger partial charge is 0.360 e. The zero-order valence-corrected chi connectivity index (χ0v) is 39.8. The minimum Gasteiger partial charge on any atom is -0.501 e. The number of aromatic nitrogens is 4. The van der Waals surface area contributed by atoms with Gasteiger partial charge < -0.3 is 59.2 Å². The van der Waals surface area contributed by atoms with E-state index in [4.69, 9.17) is 24.7 Å². The van der Waals surface area contributed by atoms with E-state index in [1.807, 2.05) is 12.1 Å². The summed E-state index contributed by atoms with van der Waals surface area (Å²) in [5, 5.41) is 20.9. The number of ether oxygens (including phenoxy) is 5. The van der Waals surface area contributed by atoms with Crippen molar-refractivity contribution >= 4 is 45.8 Å². The summed E-state index contributed by atoms with van der Waals surface area (Å²) in [4.78, 5) is 68.2. The van der Waals surface area contributed by atoms with Crippen molar-refractivity contribution in [1.82, 2.24) is 18.8 Å². The highest BCUT2D eigenvalue weighted by molar-refractivity contribution is 5.97. The Morgan fingerprint density at radius 1 is 0.597 bits per heavy atom. The molecule has 0 aliphatic carbocycles. The zero-order chi connectivity index (χ0) is 50.7. The lowest BCUT2D eigenvalue weighted by Gasteiger charge is -2.33. The number of hydrogen-bond donors (Lipinski definition) is 3. The number of nitrogens with zero attached hydrogens (tertiary/aromatic N) is 8. The van der Waals surface area contributed by atoms with Crippen molar-refractivity contribution in [2.75, 3.05) is 132 Å². The molecular formula is C50H57F2N9O11. The average molecular weight is 998 g/mol. The quantitative estimate of drug-likeness (QED) is 0.132. The molecule has 8 heterocycles. The first-order chi connectivity index (χ1) is 34.9. The number of esters is 1. The molecule has 0 bridgehead atoms. The van der Waals surface area contributed by atoms with Gasteiger partial charge in [0.2, 0.25) is 11.5 Å². The van der Waals surface area contributed by atoms with Crippen molar-refractivity contribution in [3.63, 3.8) is 0 Å². The molecule has 72 heavy (non-hydrogen) atoms. The molecule has 20 nitrogen and oxygen atoms in total. The van der Waals surface area contributed by atoms with Crippen LogP contribution < -0.4 is 36.5 Å². The molecule has 0 atom stereocenters.